The van der Waals surface area contributed by atoms with E-state index >= 15 is 0 Å². The molecule has 0 radical (unpaired) electrons. The molecule has 0 aromatic heterocycles. The summed E-state index contributed by atoms with van der Waals surface area (Å²) < 4.78 is 33.2. The van der Waals surface area contributed by atoms with E-state index in [0.29, 0.717) is 0 Å². The normalized spacial score (nSPS) is 11.2. The van der Waals surface area contributed by atoms with Gasteiger partial charge in [0.05, 0.1) is 4.90 Å². The van der Waals surface area contributed by atoms with Crippen molar-refractivity contribution >= 4 is 27.1 Å². The molecule has 0 unspecified atom stereocenters. The zero-order valence-electron chi connectivity index (χ0n) is 6.20. The first-order valence-corrected chi connectivity index (χ1v) is 4.92. The lowest BCUT2D eigenvalue weighted by atomic mass is 10.2. The quantitative estimate of drug-likeness (QED) is 0.716. The number of hydrogen-bond donors (Lipinski definition) is 0. The lowest BCUT2D eigenvalue weighted by Gasteiger charge is -1.96. The maximum absolute atomic E-state index is 12.4. The molecule has 0 spiro atoms. The Kier molecular flexibility index (Phi) is 2.68. The van der Waals surface area contributed by atoms with Gasteiger partial charge in [-0.15, -0.1) is 3.89 Å². The number of rotatable bonds is 2. The molecule has 6 heteroatoms. The average Bonchev–Trinajstić information content (AvgIpc) is 2.03. The Labute approximate surface area is 79.3 Å². The van der Waals surface area contributed by atoms with E-state index < -0.39 is 20.4 Å². The van der Waals surface area contributed by atoms with Crippen LogP contribution >= 0.6 is 11.6 Å². The molecular weight excluding hydrogens is 219 g/mol. The molecule has 0 atom stereocenters. The van der Waals surface area contributed by atoms with Gasteiger partial charge in [0.2, 0.25) is 0 Å². The minimum atomic E-state index is -4.77. The van der Waals surface area contributed by atoms with Crippen LogP contribution in [0.25, 0.3) is 0 Å². The Morgan fingerprint density at radius 2 is 2.00 bits per heavy atom. The second-order valence-corrected chi connectivity index (χ2v) is 3.93. The number of carbonyl (C=O) groups excluding carboxylic acids is 1. The van der Waals surface area contributed by atoms with Crippen molar-refractivity contribution in [3.63, 3.8) is 0 Å². The van der Waals surface area contributed by atoms with E-state index in [2.05, 4.69) is 0 Å². The molecule has 0 fully saturated rings. The molecule has 0 N–H and O–H groups in total. The summed E-state index contributed by atoms with van der Waals surface area (Å²) in [5.74, 6) is 0. The zero-order valence-corrected chi connectivity index (χ0v) is 7.77. The van der Waals surface area contributed by atoms with E-state index in [-0.39, 0.29) is 5.56 Å². The van der Waals surface area contributed by atoms with Gasteiger partial charge in [-0.25, -0.2) is 0 Å². The largest absolute Gasteiger partial charge is 0.332 e. The van der Waals surface area contributed by atoms with Crippen LogP contribution in [-0.2, 0) is 10.2 Å². The molecule has 13 heavy (non-hydrogen) atoms. The third-order valence-corrected chi connectivity index (χ3v) is 2.38. The Balaban J connectivity index is 3.29. The molecule has 0 aliphatic rings. The Hall–Kier alpha value is -0.940. The van der Waals surface area contributed by atoms with Crippen LogP contribution in [0, 0.1) is 0 Å². The highest BCUT2D eigenvalue weighted by Crippen LogP contribution is 2.14. The first-order valence-electron chi connectivity index (χ1n) is 3.16. The van der Waals surface area contributed by atoms with Gasteiger partial charge in [-0.2, -0.15) is 8.42 Å². The molecule has 0 aliphatic heterocycles. The van der Waals surface area contributed by atoms with Crippen LogP contribution in [0.4, 0.5) is 3.89 Å². The highest BCUT2D eigenvalue weighted by atomic mass is 35.5. The van der Waals surface area contributed by atoms with Gasteiger partial charge >= 0.3 is 10.2 Å². The van der Waals surface area contributed by atoms with Crippen molar-refractivity contribution in [2.24, 2.45) is 0 Å². The standard InChI is InChI=1S/C7H4ClFO3S/c8-7(10)5-2-1-3-6(4-5)13(9,11)12/h1-4H. The molecule has 1 aromatic rings. The Bertz CT molecular complexity index is 441. The fourth-order valence-electron chi connectivity index (χ4n) is 0.770. The smallest absolute Gasteiger partial charge is 0.276 e. The maximum atomic E-state index is 12.4. The zero-order chi connectivity index (χ0) is 10.1. The fraction of sp³-hybridized carbons (Fsp3) is 0. The maximum Gasteiger partial charge on any atom is 0.332 e. The molecular formula is C7H4ClFO3S. The number of hydrogen-bond acceptors (Lipinski definition) is 3. The van der Waals surface area contributed by atoms with Crippen molar-refractivity contribution in [1.29, 1.82) is 0 Å². The number of carbonyl (C=O) groups is 1. The van der Waals surface area contributed by atoms with Gasteiger partial charge in [0.1, 0.15) is 0 Å². The van der Waals surface area contributed by atoms with Crippen LogP contribution in [0.5, 0.6) is 0 Å². The summed E-state index contributed by atoms with van der Waals surface area (Å²) in [6.07, 6.45) is 0. The van der Waals surface area contributed by atoms with Crippen LogP contribution in [0.15, 0.2) is 29.2 Å². The molecule has 1 rings (SSSR count). The lowest BCUT2D eigenvalue weighted by molar-refractivity contribution is 0.108. The first-order chi connectivity index (χ1) is 5.91. The van der Waals surface area contributed by atoms with Gasteiger partial charge in [-0.3, -0.25) is 4.79 Å². The summed E-state index contributed by atoms with van der Waals surface area (Å²) in [5, 5.41) is -0.828. The van der Waals surface area contributed by atoms with Gasteiger partial charge in [0, 0.05) is 5.56 Å². The molecule has 70 valence electrons. The summed E-state index contributed by atoms with van der Waals surface area (Å²) in [6, 6.07) is 4.45. The molecule has 0 aliphatic carbocycles. The lowest BCUT2D eigenvalue weighted by Crippen LogP contribution is -1.95. The summed E-state index contributed by atoms with van der Waals surface area (Å²) in [5.41, 5.74) is -0.0552. The minimum absolute atomic E-state index is 0.0552. The predicted molar refractivity (Wildman–Crippen MR) is 44.9 cm³/mol. The van der Waals surface area contributed by atoms with Crippen LogP contribution in [0.1, 0.15) is 10.4 Å². The van der Waals surface area contributed by atoms with Gasteiger partial charge in [0.15, 0.2) is 0 Å². The second kappa shape index (κ2) is 3.43. The first kappa shape index (κ1) is 10.1. The predicted octanol–water partition coefficient (Wildman–Crippen LogP) is 1.72. The minimum Gasteiger partial charge on any atom is -0.276 e. The van der Waals surface area contributed by atoms with E-state index in [4.69, 9.17) is 11.6 Å². The summed E-state index contributed by atoms with van der Waals surface area (Å²) >= 11 is 5.07. The third kappa shape index (κ3) is 2.50. The van der Waals surface area contributed by atoms with Crippen molar-refractivity contribution in [1.82, 2.24) is 0 Å². The van der Waals surface area contributed by atoms with E-state index in [0.717, 1.165) is 12.1 Å². The van der Waals surface area contributed by atoms with Gasteiger partial charge in [0.25, 0.3) is 5.24 Å². The van der Waals surface area contributed by atoms with Crippen LogP contribution in [-0.4, -0.2) is 13.7 Å². The molecule has 3 nitrogen and oxygen atoms in total. The van der Waals surface area contributed by atoms with Crippen molar-refractivity contribution in [3.8, 4) is 0 Å². The Morgan fingerprint density at radius 3 is 2.46 bits per heavy atom. The fourth-order valence-corrected chi connectivity index (χ4v) is 1.40. The van der Waals surface area contributed by atoms with Crippen molar-refractivity contribution in [2.75, 3.05) is 0 Å². The van der Waals surface area contributed by atoms with Crippen molar-refractivity contribution < 1.29 is 17.1 Å². The van der Waals surface area contributed by atoms with Gasteiger partial charge < -0.3 is 0 Å². The monoisotopic (exact) mass is 222 g/mol. The van der Waals surface area contributed by atoms with E-state index in [9.17, 15) is 17.1 Å². The SMILES string of the molecule is O=C(Cl)c1cccc(S(=O)(=O)F)c1. The molecule has 0 heterocycles. The topological polar surface area (TPSA) is 51.2 Å². The van der Waals surface area contributed by atoms with Gasteiger partial charge in [-0.1, -0.05) is 12.1 Å². The summed E-state index contributed by atoms with van der Waals surface area (Å²) in [4.78, 5) is 10.0. The van der Waals surface area contributed by atoms with Crippen molar-refractivity contribution in [2.45, 2.75) is 4.90 Å². The van der Waals surface area contributed by atoms with Crippen LogP contribution < -0.4 is 0 Å². The van der Waals surface area contributed by atoms with Crippen LogP contribution in [0.2, 0.25) is 0 Å². The summed E-state index contributed by atoms with van der Waals surface area (Å²) in [6.45, 7) is 0. The second-order valence-electron chi connectivity index (χ2n) is 2.24. The highest BCUT2D eigenvalue weighted by Gasteiger charge is 2.13. The molecule has 0 bridgehead atoms. The molecule has 0 saturated carbocycles. The number of benzene rings is 1. The van der Waals surface area contributed by atoms with Gasteiger partial charge in [-0.05, 0) is 23.7 Å². The molecule has 1 aromatic carbocycles. The molecule has 0 saturated heterocycles. The van der Waals surface area contributed by atoms with Crippen molar-refractivity contribution in [3.05, 3.63) is 29.8 Å². The van der Waals surface area contributed by atoms with E-state index in [1.165, 1.54) is 12.1 Å². The number of halogens is 2. The third-order valence-electron chi connectivity index (χ3n) is 1.34. The highest BCUT2D eigenvalue weighted by molar-refractivity contribution is 7.86. The van der Waals surface area contributed by atoms with E-state index in [1.54, 1.807) is 0 Å². The molecule has 0 amide bonds. The Morgan fingerprint density at radius 1 is 1.38 bits per heavy atom. The van der Waals surface area contributed by atoms with Crippen LogP contribution in [0.3, 0.4) is 0 Å². The summed E-state index contributed by atoms with van der Waals surface area (Å²) in [7, 11) is -4.77. The average molecular weight is 223 g/mol. The van der Waals surface area contributed by atoms with E-state index in [1.807, 2.05) is 0 Å².